The number of ketones is 2. The zero-order valence-corrected chi connectivity index (χ0v) is 16.1. The lowest BCUT2D eigenvalue weighted by Crippen LogP contribution is -2.13. The van der Waals surface area contributed by atoms with Crippen molar-refractivity contribution in [3.05, 3.63) is 47.5 Å². The molecule has 0 aliphatic heterocycles. The van der Waals surface area contributed by atoms with E-state index in [2.05, 4.69) is 0 Å². The minimum atomic E-state index is -4.44. The Morgan fingerprint density at radius 3 is 2.34 bits per heavy atom. The number of hydrogen-bond donors (Lipinski definition) is 1. The fraction of sp³-hybridized carbons (Fsp3) is 0.500. The number of rotatable bonds is 10. The molecule has 7 heteroatoms. The minimum absolute atomic E-state index is 0.0417. The fourth-order valence-electron chi connectivity index (χ4n) is 3.66. The first-order valence-corrected chi connectivity index (χ1v) is 9.83. The maximum atomic E-state index is 12.6. The Bertz CT molecular complexity index is 750. The lowest BCUT2D eigenvalue weighted by molar-refractivity contribution is -0.138. The molecule has 1 aromatic carbocycles. The summed E-state index contributed by atoms with van der Waals surface area (Å²) in [5.74, 6) is -1.21. The van der Waals surface area contributed by atoms with E-state index in [0.29, 0.717) is 25.7 Å². The number of carboxylic acid groups (broad SMARTS) is 1. The van der Waals surface area contributed by atoms with E-state index in [1.54, 1.807) is 6.08 Å². The third-order valence-corrected chi connectivity index (χ3v) is 5.30. The van der Waals surface area contributed by atoms with Gasteiger partial charge in [0.2, 0.25) is 0 Å². The minimum Gasteiger partial charge on any atom is -0.481 e. The van der Waals surface area contributed by atoms with Crippen LogP contribution >= 0.6 is 0 Å². The van der Waals surface area contributed by atoms with Crippen LogP contribution in [0.2, 0.25) is 0 Å². The summed E-state index contributed by atoms with van der Waals surface area (Å²) in [5, 5.41) is 8.62. The Kier molecular flexibility index (Phi) is 8.17. The van der Waals surface area contributed by atoms with Crippen LogP contribution in [0.5, 0.6) is 0 Å². The van der Waals surface area contributed by atoms with Crippen molar-refractivity contribution in [1.29, 1.82) is 0 Å². The average Bonchev–Trinajstić information content (AvgIpc) is 3.01. The topological polar surface area (TPSA) is 71.4 Å². The molecule has 2 unspecified atom stereocenters. The number of benzene rings is 1. The van der Waals surface area contributed by atoms with Gasteiger partial charge in [0.25, 0.3) is 0 Å². The van der Waals surface area contributed by atoms with Gasteiger partial charge in [0.1, 0.15) is 5.78 Å². The smallest absolute Gasteiger partial charge is 0.416 e. The van der Waals surface area contributed by atoms with E-state index in [9.17, 15) is 27.6 Å². The number of Topliss-reactive ketones (excluding diaryl/α,β-unsaturated/α-hetero) is 1. The standard InChI is InChI=1S/C22H25F3O4/c23-22(24,25)17-11-7-16(8-12-17)19(26)13-9-15-10-14-20(27)18(15)5-3-1-2-4-6-21(28)29/h7-9,11-13,15,18H,1-6,10,14H2,(H,28,29). The SMILES string of the molecule is O=C(O)CCCCCCC1C(=O)CCC1C=CC(=O)c1ccc(C(F)(F)F)cc1. The monoisotopic (exact) mass is 410 g/mol. The second kappa shape index (κ2) is 10.4. The Labute approximate surface area is 167 Å². The van der Waals surface area contributed by atoms with E-state index >= 15 is 0 Å². The highest BCUT2D eigenvalue weighted by Crippen LogP contribution is 2.34. The van der Waals surface area contributed by atoms with Crippen LogP contribution in [0, 0.1) is 11.8 Å². The predicted molar refractivity (Wildman–Crippen MR) is 101 cm³/mol. The van der Waals surface area contributed by atoms with Crippen molar-refractivity contribution in [3.8, 4) is 0 Å². The van der Waals surface area contributed by atoms with E-state index in [-0.39, 0.29) is 35.4 Å². The molecule has 2 atom stereocenters. The Morgan fingerprint density at radius 2 is 1.72 bits per heavy atom. The predicted octanol–water partition coefficient (Wildman–Crippen LogP) is 5.46. The lowest BCUT2D eigenvalue weighted by Gasteiger charge is -2.14. The molecule has 1 aromatic rings. The van der Waals surface area contributed by atoms with Crippen molar-refractivity contribution in [2.75, 3.05) is 0 Å². The molecule has 29 heavy (non-hydrogen) atoms. The first-order chi connectivity index (χ1) is 13.7. The third kappa shape index (κ3) is 7.15. The molecule has 1 saturated carbocycles. The number of allylic oxidation sites excluding steroid dienone is 2. The molecule has 0 radical (unpaired) electrons. The number of hydrogen-bond acceptors (Lipinski definition) is 3. The van der Waals surface area contributed by atoms with E-state index in [0.717, 1.165) is 43.5 Å². The van der Waals surface area contributed by atoms with Crippen LogP contribution in [0.4, 0.5) is 13.2 Å². The zero-order chi connectivity index (χ0) is 21.4. The molecule has 0 heterocycles. The van der Waals surface area contributed by atoms with Crippen LogP contribution < -0.4 is 0 Å². The average molecular weight is 410 g/mol. The van der Waals surface area contributed by atoms with Crippen LogP contribution in [-0.2, 0) is 15.8 Å². The zero-order valence-electron chi connectivity index (χ0n) is 16.1. The van der Waals surface area contributed by atoms with Gasteiger partial charge in [-0.2, -0.15) is 13.2 Å². The Hall–Kier alpha value is -2.44. The molecule has 0 bridgehead atoms. The van der Waals surface area contributed by atoms with Gasteiger partial charge in [0, 0.05) is 24.3 Å². The van der Waals surface area contributed by atoms with Crippen LogP contribution in [0.15, 0.2) is 36.4 Å². The van der Waals surface area contributed by atoms with Crippen LogP contribution in [-0.4, -0.2) is 22.6 Å². The quantitative estimate of drug-likeness (QED) is 0.316. The summed E-state index contributed by atoms with van der Waals surface area (Å²) in [5.41, 5.74) is -0.628. The van der Waals surface area contributed by atoms with Gasteiger partial charge in [-0.05, 0) is 43.4 Å². The molecule has 1 aliphatic rings. The maximum absolute atomic E-state index is 12.6. The number of aliphatic carboxylic acids is 1. The molecule has 2 rings (SSSR count). The fourth-order valence-corrected chi connectivity index (χ4v) is 3.66. The Morgan fingerprint density at radius 1 is 1.07 bits per heavy atom. The first-order valence-electron chi connectivity index (χ1n) is 9.83. The van der Waals surface area contributed by atoms with Crippen LogP contribution in [0.25, 0.3) is 0 Å². The van der Waals surface area contributed by atoms with E-state index in [1.165, 1.54) is 6.08 Å². The molecule has 1 N–H and O–H groups in total. The molecular formula is C22H25F3O4. The van der Waals surface area contributed by atoms with Gasteiger partial charge in [0.05, 0.1) is 5.56 Å². The highest BCUT2D eigenvalue weighted by Gasteiger charge is 2.32. The highest BCUT2D eigenvalue weighted by atomic mass is 19.4. The Balaban J connectivity index is 1.86. The lowest BCUT2D eigenvalue weighted by atomic mass is 9.89. The van der Waals surface area contributed by atoms with Gasteiger partial charge in [-0.25, -0.2) is 0 Å². The van der Waals surface area contributed by atoms with Crippen LogP contribution in [0.3, 0.4) is 0 Å². The molecule has 0 aromatic heterocycles. The third-order valence-electron chi connectivity index (χ3n) is 5.30. The normalized spacial score (nSPS) is 19.8. The number of halogens is 3. The van der Waals surface area contributed by atoms with Crippen molar-refractivity contribution in [1.82, 2.24) is 0 Å². The van der Waals surface area contributed by atoms with Crippen molar-refractivity contribution >= 4 is 17.5 Å². The summed E-state index contributed by atoms with van der Waals surface area (Å²) >= 11 is 0. The summed E-state index contributed by atoms with van der Waals surface area (Å²) in [7, 11) is 0. The summed E-state index contributed by atoms with van der Waals surface area (Å²) in [6, 6.07) is 4.08. The number of carbonyl (C=O) groups is 3. The van der Waals surface area contributed by atoms with Gasteiger partial charge in [-0.15, -0.1) is 0 Å². The second-order valence-electron chi connectivity index (χ2n) is 7.42. The highest BCUT2D eigenvalue weighted by molar-refractivity contribution is 6.04. The summed E-state index contributed by atoms with van der Waals surface area (Å²) < 4.78 is 37.8. The largest absolute Gasteiger partial charge is 0.481 e. The molecule has 1 fully saturated rings. The van der Waals surface area contributed by atoms with Crippen molar-refractivity contribution < 1.29 is 32.7 Å². The number of carbonyl (C=O) groups excluding carboxylic acids is 2. The maximum Gasteiger partial charge on any atom is 0.416 e. The van der Waals surface area contributed by atoms with Gasteiger partial charge in [-0.1, -0.05) is 37.5 Å². The second-order valence-corrected chi connectivity index (χ2v) is 7.42. The van der Waals surface area contributed by atoms with Gasteiger partial charge >= 0.3 is 12.1 Å². The number of carboxylic acids is 1. The van der Waals surface area contributed by atoms with E-state index < -0.39 is 17.7 Å². The summed E-state index contributed by atoms with van der Waals surface area (Å²) in [6.45, 7) is 0. The van der Waals surface area contributed by atoms with Gasteiger partial charge in [0.15, 0.2) is 5.78 Å². The summed E-state index contributed by atoms with van der Waals surface area (Å²) in [4.78, 5) is 34.9. The molecule has 1 aliphatic carbocycles. The van der Waals surface area contributed by atoms with Crippen molar-refractivity contribution in [3.63, 3.8) is 0 Å². The number of alkyl halides is 3. The molecule has 4 nitrogen and oxygen atoms in total. The van der Waals surface area contributed by atoms with Crippen molar-refractivity contribution in [2.45, 2.75) is 57.5 Å². The van der Waals surface area contributed by atoms with Gasteiger partial charge < -0.3 is 5.11 Å². The van der Waals surface area contributed by atoms with E-state index in [4.69, 9.17) is 5.11 Å². The molecule has 0 saturated heterocycles. The van der Waals surface area contributed by atoms with Crippen LogP contribution in [0.1, 0.15) is 67.3 Å². The molecule has 0 amide bonds. The first kappa shape index (κ1) is 22.8. The van der Waals surface area contributed by atoms with Crippen molar-refractivity contribution in [2.24, 2.45) is 11.8 Å². The summed E-state index contributed by atoms with van der Waals surface area (Å²) in [6.07, 6.45) is 3.72. The molecular weight excluding hydrogens is 385 g/mol. The molecule has 158 valence electrons. The number of unbranched alkanes of at least 4 members (excludes halogenated alkanes) is 3. The van der Waals surface area contributed by atoms with E-state index in [1.807, 2.05) is 0 Å². The molecule has 0 spiro atoms. The van der Waals surface area contributed by atoms with Gasteiger partial charge in [-0.3, -0.25) is 14.4 Å².